The second kappa shape index (κ2) is 4.30. The Morgan fingerprint density at radius 1 is 1.57 bits per heavy atom. The highest BCUT2D eigenvalue weighted by atomic mass is 16.5. The number of hydrogen-bond donors (Lipinski definition) is 1. The first-order chi connectivity index (χ1) is 6.46. The van der Waals surface area contributed by atoms with Crippen molar-refractivity contribution in [3.05, 3.63) is 0 Å². The monoisotopic (exact) mass is 200 g/mol. The number of aliphatic hydroxyl groups excluding tert-OH is 1. The van der Waals surface area contributed by atoms with Gasteiger partial charge in [0.25, 0.3) is 0 Å². The fraction of sp³-hybridized carbons (Fsp3) is 0.909. The highest BCUT2D eigenvalue weighted by molar-refractivity contribution is 5.74. The summed E-state index contributed by atoms with van der Waals surface area (Å²) in [5.41, 5.74) is 0.248. The van der Waals surface area contributed by atoms with E-state index in [1.807, 2.05) is 0 Å². The zero-order valence-corrected chi connectivity index (χ0v) is 9.25. The van der Waals surface area contributed by atoms with Gasteiger partial charge in [0.2, 0.25) is 0 Å². The van der Waals surface area contributed by atoms with Crippen LogP contribution in [0.1, 0.15) is 39.5 Å². The van der Waals surface area contributed by atoms with Gasteiger partial charge in [-0.15, -0.1) is 0 Å². The first-order valence-corrected chi connectivity index (χ1v) is 5.22. The van der Waals surface area contributed by atoms with Crippen molar-refractivity contribution in [2.24, 2.45) is 11.3 Å². The van der Waals surface area contributed by atoms with E-state index in [1.54, 1.807) is 0 Å². The molecule has 0 bridgehead atoms. The zero-order chi connectivity index (χ0) is 10.8. The van der Waals surface area contributed by atoms with Crippen molar-refractivity contribution < 1.29 is 14.6 Å². The SMILES string of the molecule is COC(=O)C(O)C1CCCC(C)(C)C1. The summed E-state index contributed by atoms with van der Waals surface area (Å²) in [6.07, 6.45) is 3.17. The summed E-state index contributed by atoms with van der Waals surface area (Å²) in [5.74, 6) is -0.418. The number of rotatable bonds is 2. The maximum absolute atomic E-state index is 11.1. The molecule has 0 heterocycles. The Morgan fingerprint density at radius 2 is 2.21 bits per heavy atom. The van der Waals surface area contributed by atoms with Gasteiger partial charge < -0.3 is 9.84 Å². The predicted octanol–water partition coefficient (Wildman–Crippen LogP) is 1.74. The minimum atomic E-state index is -0.931. The highest BCUT2D eigenvalue weighted by Gasteiger charge is 2.35. The molecule has 0 radical (unpaired) electrons. The van der Waals surface area contributed by atoms with E-state index in [-0.39, 0.29) is 11.3 Å². The van der Waals surface area contributed by atoms with Crippen LogP contribution in [0.2, 0.25) is 0 Å². The Hall–Kier alpha value is -0.570. The molecule has 2 unspecified atom stereocenters. The second-order valence-corrected chi connectivity index (χ2v) is 4.99. The lowest BCUT2D eigenvalue weighted by molar-refractivity contribution is -0.154. The van der Waals surface area contributed by atoms with Crippen LogP contribution < -0.4 is 0 Å². The van der Waals surface area contributed by atoms with E-state index in [0.717, 1.165) is 19.3 Å². The summed E-state index contributed by atoms with van der Waals surface area (Å²) in [6, 6.07) is 0. The molecule has 14 heavy (non-hydrogen) atoms. The van der Waals surface area contributed by atoms with Crippen molar-refractivity contribution in [1.82, 2.24) is 0 Å². The molecule has 0 amide bonds. The summed E-state index contributed by atoms with van der Waals surface area (Å²) >= 11 is 0. The molecule has 1 aliphatic rings. The molecule has 0 aromatic heterocycles. The van der Waals surface area contributed by atoms with Gasteiger partial charge in [0.15, 0.2) is 6.10 Å². The molecule has 1 fully saturated rings. The topological polar surface area (TPSA) is 46.5 Å². The lowest BCUT2D eigenvalue weighted by Gasteiger charge is -2.36. The van der Waals surface area contributed by atoms with E-state index in [2.05, 4.69) is 18.6 Å². The van der Waals surface area contributed by atoms with Crippen LogP contribution in [0.4, 0.5) is 0 Å². The van der Waals surface area contributed by atoms with Crippen LogP contribution in [0.5, 0.6) is 0 Å². The Balaban J connectivity index is 2.56. The normalized spacial score (nSPS) is 28.1. The molecule has 3 nitrogen and oxygen atoms in total. The van der Waals surface area contributed by atoms with E-state index >= 15 is 0 Å². The van der Waals surface area contributed by atoms with E-state index < -0.39 is 12.1 Å². The summed E-state index contributed by atoms with van der Waals surface area (Å²) in [4.78, 5) is 11.1. The quantitative estimate of drug-likeness (QED) is 0.691. The second-order valence-electron chi connectivity index (χ2n) is 4.99. The van der Waals surface area contributed by atoms with E-state index in [4.69, 9.17) is 0 Å². The first kappa shape index (κ1) is 11.5. The molecule has 0 aromatic rings. The van der Waals surface area contributed by atoms with Crippen molar-refractivity contribution in [3.8, 4) is 0 Å². The predicted molar refractivity (Wildman–Crippen MR) is 53.8 cm³/mol. The van der Waals surface area contributed by atoms with E-state index in [0.29, 0.717) is 0 Å². The van der Waals surface area contributed by atoms with Crippen LogP contribution in [0.3, 0.4) is 0 Å². The molecular formula is C11H20O3. The maximum Gasteiger partial charge on any atom is 0.334 e. The van der Waals surface area contributed by atoms with Gasteiger partial charge in [-0.05, 0) is 30.6 Å². The molecule has 82 valence electrons. The average Bonchev–Trinajstić information content (AvgIpc) is 2.14. The third-order valence-electron chi connectivity index (χ3n) is 3.13. The van der Waals surface area contributed by atoms with Crippen molar-refractivity contribution in [3.63, 3.8) is 0 Å². The molecule has 3 heteroatoms. The molecule has 1 N–H and O–H groups in total. The van der Waals surface area contributed by atoms with Crippen molar-refractivity contribution in [2.75, 3.05) is 7.11 Å². The van der Waals surface area contributed by atoms with Crippen LogP contribution in [-0.2, 0) is 9.53 Å². The smallest absolute Gasteiger partial charge is 0.334 e. The van der Waals surface area contributed by atoms with Crippen LogP contribution in [0.25, 0.3) is 0 Å². The summed E-state index contributed by atoms with van der Waals surface area (Å²) < 4.78 is 4.54. The Morgan fingerprint density at radius 3 is 2.71 bits per heavy atom. The van der Waals surface area contributed by atoms with Crippen LogP contribution in [0.15, 0.2) is 0 Å². The molecule has 2 atom stereocenters. The van der Waals surface area contributed by atoms with Gasteiger partial charge in [0, 0.05) is 0 Å². The summed E-state index contributed by atoms with van der Waals surface area (Å²) in [6.45, 7) is 4.37. The van der Waals surface area contributed by atoms with Gasteiger partial charge >= 0.3 is 5.97 Å². The van der Waals surface area contributed by atoms with Crippen LogP contribution in [-0.4, -0.2) is 24.3 Å². The van der Waals surface area contributed by atoms with Crippen LogP contribution in [0, 0.1) is 11.3 Å². The third-order valence-corrected chi connectivity index (χ3v) is 3.13. The van der Waals surface area contributed by atoms with Gasteiger partial charge in [-0.1, -0.05) is 20.3 Å². The van der Waals surface area contributed by atoms with Gasteiger partial charge in [0.1, 0.15) is 0 Å². The number of carbonyl (C=O) groups is 1. The minimum absolute atomic E-state index is 0.0752. The highest BCUT2D eigenvalue weighted by Crippen LogP contribution is 2.39. The third kappa shape index (κ3) is 2.71. The van der Waals surface area contributed by atoms with Gasteiger partial charge in [-0.3, -0.25) is 0 Å². The molecule has 0 aromatic carbocycles. The largest absolute Gasteiger partial charge is 0.467 e. The molecule has 1 saturated carbocycles. The molecule has 1 aliphatic carbocycles. The Labute approximate surface area is 85.5 Å². The number of esters is 1. The summed E-state index contributed by atoms with van der Waals surface area (Å²) in [5, 5.41) is 9.70. The fourth-order valence-corrected chi connectivity index (χ4v) is 2.34. The standard InChI is InChI=1S/C11H20O3/c1-11(2)6-4-5-8(7-11)9(12)10(13)14-3/h8-9,12H,4-7H2,1-3H3. The maximum atomic E-state index is 11.1. The van der Waals surface area contributed by atoms with Crippen LogP contribution >= 0.6 is 0 Å². The number of carbonyl (C=O) groups excluding carboxylic acids is 1. The molecular weight excluding hydrogens is 180 g/mol. The zero-order valence-electron chi connectivity index (χ0n) is 9.25. The lowest BCUT2D eigenvalue weighted by Crippen LogP contribution is -2.36. The van der Waals surface area contributed by atoms with Gasteiger partial charge in [-0.2, -0.15) is 0 Å². The van der Waals surface area contributed by atoms with Gasteiger partial charge in [-0.25, -0.2) is 4.79 Å². The Bertz CT molecular complexity index is 211. The molecule has 0 spiro atoms. The van der Waals surface area contributed by atoms with Crippen molar-refractivity contribution in [2.45, 2.75) is 45.6 Å². The molecule has 1 rings (SSSR count). The number of hydrogen-bond acceptors (Lipinski definition) is 3. The van der Waals surface area contributed by atoms with Crippen molar-refractivity contribution >= 4 is 5.97 Å². The van der Waals surface area contributed by atoms with E-state index in [9.17, 15) is 9.90 Å². The fourth-order valence-electron chi connectivity index (χ4n) is 2.34. The molecule has 0 saturated heterocycles. The first-order valence-electron chi connectivity index (χ1n) is 5.22. The van der Waals surface area contributed by atoms with Crippen molar-refractivity contribution in [1.29, 1.82) is 0 Å². The molecule has 0 aliphatic heterocycles. The number of methoxy groups -OCH3 is 1. The number of ether oxygens (including phenoxy) is 1. The Kier molecular flexibility index (Phi) is 3.53. The summed E-state index contributed by atoms with van der Waals surface area (Å²) in [7, 11) is 1.32. The lowest BCUT2D eigenvalue weighted by atomic mass is 9.70. The average molecular weight is 200 g/mol. The van der Waals surface area contributed by atoms with Gasteiger partial charge in [0.05, 0.1) is 7.11 Å². The number of aliphatic hydroxyl groups is 1. The minimum Gasteiger partial charge on any atom is -0.467 e. The van der Waals surface area contributed by atoms with E-state index in [1.165, 1.54) is 13.5 Å².